The molecule has 0 aromatic carbocycles. The lowest BCUT2D eigenvalue weighted by Crippen LogP contribution is -1.97. The quantitative estimate of drug-likeness (QED) is 0.468. The Labute approximate surface area is 60.7 Å². The van der Waals surface area contributed by atoms with Crippen molar-refractivity contribution in [1.82, 2.24) is 0 Å². The Bertz CT molecular complexity index is 201. The maximum atomic E-state index is 10.6. The van der Waals surface area contributed by atoms with E-state index in [9.17, 15) is 4.79 Å². The third-order valence-corrected chi connectivity index (χ3v) is 1.03. The van der Waals surface area contributed by atoms with Crippen molar-refractivity contribution in [3.63, 3.8) is 0 Å². The largest absolute Gasteiger partial charge is 0.399 e. The second-order valence-electron chi connectivity index (χ2n) is 1.93. The number of rotatable bonds is 3. The van der Waals surface area contributed by atoms with Crippen LogP contribution in [0.1, 0.15) is 6.92 Å². The van der Waals surface area contributed by atoms with Crippen LogP contribution in [0.25, 0.3) is 0 Å². The van der Waals surface area contributed by atoms with Gasteiger partial charge in [0, 0.05) is 11.3 Å². The molecule has 0 heterocycles. The molecule has 0 amide bonds. The highest BCUT2D eigenvalue weighted by Crippen LogP contribution is 1.97. The molecule has 0 rings (SSSR count). The second-order valence-corrected chi connectivity index (χ2v) is 1.93. The number of Topliss-reactive ketones (excluding diaryl/α,β-unsaturated/α-hetero) is 1. The SMILES string of the molecule is C=C/C(N)=C\C(=C)C(C)=O. The fourth-order valence-electron chi connectivity index (χ4n) is 0.362. The van der Waals surface area contributed by atoms with Gasteiger partial charge in [0.1, 0.15) is 0 Å². The van der Waals surface area contributed by atoms with Crippen LogP contribution in [0, 0.1) is 0 Å². The number of carbonyl (C=O) groups is 1. The molecule has 0 aromatic rings. The zero-order valence-electron chi connectivity index (χ0n) is 6.05. The van der Waals surface area contributed by atoms with Crippen LogP contribution in [0.15, 0.2) is 36.6 Å². The standard InChI is InChI=1S/C8H11NO/c1-4-8(9)5-6(2)7(3)10/h4-5H,1-2,9H2,3H3/b8-5+. The predicted molar refractivity (Wildman–Crippen MR) is 42.3 cm³/mol. The van der Waals surface area contributed by atoms with Crippen molar-refractivity contribution < 1.29 is 4.79 Å². The van der Waals surface area contributed by atoms with Crippen molar-refractivity contribution in [2.45, 2.75) is 6.92 Å². The molecule has 2 N–H and O–H groups in total. The maximum absolute atomic E-state index is 10.6. The summed E-state index contributed by atoms with van der Waals surface area (Å²) in [6, 6.07) is 0. The Morgan fingerprint density at radius 2 is 2.10 bits per heavy atom. The molecule has 0 saturated carbocycles. The van der Waals surface area contributed by atoms with Gasteiger partial charge in [-0.25, -0.2) is 0 Å². The van der Waals surface area contributed by atoms with Gasteiger partial charge >= 0.3 is 0 Å². The fourth-order valence-corrected chi connectivity index (χ4v) is 0.362. The molecule has 0 aliphatic carbocycles. The molecular weight excluding hydrogens is 126 g/mol. The van der Waals surface area contributed by atoms with Crippen molar-refractivity contribution in [2.24, 2.45) is 5.73 Å². The number of ketones is 1. The van der Waals surface area contributed by atoms with Crippen LogP contribution in [0.3, 0.4) is 0 Å². The van der Waals surface area contributed by atoms with E-state index < -0.39 is 0 Å². The first-order chi connectivity index (χ1) is 4.57. The summed E-state index contributed by atoms with van der Waals surface area (Å²) < 4.78 is 0. The molecule has 2 nitrogen and oxygen atoms in total. The molecule has 0 spiro atoms. The van der Waals surface area contributed by atoms with Gasteiger partial charge in [0.05, 0.1) is 0 Å². The first kappa shape index (κ1) is 8.69. The predicted octanol–water partition coefficient (Wildman–Crippen LogP) is 1.16. The minimum Gasteiger partial charge on any atom is -0.399 e. The van der Waals surface area contributed by atoms with E-state index >= 15 is 0 Å². The van der Waals surface area contributed by atoms with Gasteiger partial charge in [-0.1, -0.05) is 13.2 Å². The summed E-state index contributed by atoms with van der Waals surface area (Å²) in [4.78, 5) is 10.6. The van der Waals surface area contributed by atoms with Crippen molar-refractivity contribution in [1.29, 1.82) is 0 Å². The number of allylic oxidation sites excluding steroid dienone is 3. The zero-order valence-corrected chi connectivity index (χ0v) is 6.05. The van der Waals surface area contributed by atoms with Crippen LogP contribution in [0.2, 0.25) is 0 Å². The Balaban J connectivity index is 4.27. The number of hydrogen-bond acceptors (Lipinski definition) is 2. The van der Waals surface area contributed by atoms with Crippen molar-refractivity contribution >= 4 is 5.78 Å². The van der Waals surface area contributed by atoms with E-state index in [0.717, 1.165) is 0 Å². The first-order valence-electron chi connectivity index (χ1n) is 2.87. The lowest BCUT2D eigenvalue weighted by Gasteiger charge is -1.92. The minimum absolute atomic E-state index is 0.0789. The summed E-state index contributed by atoms with van der Waals surface area (Å²) in [5.41, 5.74) is 6.20. The van der Waals surface area contributed by atoms with E-state index in [-0.39, 0.29) is 5.78 Å². The van der Waals surface area contributed by atoms with Crippen LogP contribution in [-0.2, 0) is 4.79 Å². The van der Waals surface area contributed by atoms with Crippen LogP contribution >= 0.6 is 0 Å². The first-order valence-corrected chi connectivity index (χ1v) is 2.87. The Hall–Kier alpha value is -1.31. The molecule has 0 aliphatic heterocycles. The van der Waals surface area contributed by atoms with E-state index in [1.807, 2.05) is 0 Å². The van der Waals surface area contributed by atoms with E-state index in [1.165, 1.54) is 19.1 Å². The monoisotopic (exact) mass is 137 g/mol. The summed E-state index contributed by atoms with van der Waals surface area (Å²) in [6.45, 7) is 8.36. The highest BCUT2D eigenvalue weighted by atomic mass is 16.1. The van der Waals surface area contributed by atoms with Gasteiger partial charge in [-0.05, 0) is 19.1 Å². The average molecular weight is 137 g/mol. The Kier molecular flexibility index (Phi) is 3.19. The third kappa shape index (κ3) is 2.87. The minimum atomic E-state index is -0.0789. The molecule has 0 fully saturated rings. The molecule has 10 heavy (non-hydrogen) atoms. The molecular formula is C8H11NO. The lowest BCUT2D eigenvalue weighted by molar-refractivity contribution is -0.113. The van der Waals surface area contributed by atoms with Gasteiger partial charge < -0.3 is 5.73 Å². The molecule has 0 radical (unpaired) electrons. The summed E-state index contributed by atoms with van der Waals surface area (Å²) in [5, 5.41) is 0. The lowest BCUT2D eigenvalue weighted by atomic mass is 10.2. The molecule has 54 valence electrons. The van der Waals surface area contributed by atoms with Gasteiger partial charge in [0.25, 0.3) is 0 Å². The number of carbonyl (C=O) groups excluding carboxylic acids is 1. The van der Waals surface area contributed by atoms with Crippen molar-refractivity contribution in [3.05, 3.63) is 36.6 Å². The van der Waals surface area contributed by atoms with Crippen LogP contribution < -0.4 is 5.73 Å². The molecule has 0 bridgehead atoms. The van der Waals surface area contributed by atoms with Gasteiger partial charge in [-0.15, -0.1) is 0 Å². The molecule has 0 aromatic heterocycles. The number of nitrogens with two attached hydrogens (primary N) is 1. The van der Waals surface area contributed by atoms with Crippen LogP contribution in [-0.4, -0.2) is 5.78 Å². The molecule has 0 saturated heterocycles. The van der Waals surface area contributed by atoms with E-state index in [0.29, 0.717) is 11.3 Å². The highest BCUT2D eigenvalue weighted by Gasteiger charge is 1.94. The molecule has 0 unspecified atom stereocenters. The maximum Gasteiger partial charge on any atom is 0.159 e. The fraction of sp³-hybridized carbons (Fsp3) is 0.125. The Morgan fingerprint density at radius 1 is 1.60 bits per heavy atom. The third-order valence-electron chi connectivity index (χ3n) is 1.03. The molecule has 2 heteroatoms. The topological polar surface area (TPSA) is 43.1 Å². The van der Waals surface area contributed by atoms with E-state index in [2.05, 4.69) is 13.2 Å². The zero-order chi connectivity index (χ0) is 8.15. The smallest absolute Gasteiger partial charge is 0.159 e. The molecule has 0 atom stereocenters. The van der Waals surface area contributed by atoms with Crippen LogP contribution in [0.4, 0.5) is 0 Å². The normalized spacial score (nSPS) is 10.7. The Morgan fingerprint density at radius 3 is 2.40 bits per heavy atom. The van der Waals surface area contributed by atoms with Crippen molar-refractivity contribution in [2.75, 3.05) is 0 Å². The highest BCUT2D eigenvalue weighted by molar-refractivity contribution is 5.95. The van der Waals surface area contributed by atoms with Crippen molar-refractivity contribution in [3.8, 4) is 0 Å². The van der Waals surface area contributed by atoms with Gasteiger partial charge in [0.15, 0.2) is 5.78 Å². The summed E-state index contributed by atoms with van der Waals surface area (Å²) in [6.07, 6.45) is 2.96. The summed E-state index contributed by atoms with van der Waals surface area (Å²) in [7, 11) is 0. The van der Waals surface area contributed by atoms with Gasteiger partial charge in [0.2, 0.25) is 0 Å². The van der Waals surface area contributed by atoms with Crippen LogP contribution in [0.5, 0.6) is 0 Å². The van der Waals surface area contributed by atoms with Gasteiger partial charge in [-0.2, -0.15) is 0 Å². The van der Waals surface area contributed by atoms with Gasteiger partial charge in [-0.3, -0.25) is 4.79 Å². The summed E-state index contributed by atoms with van der Waals surface area (Å²) in [5.74, 6) is -0.0789. The van der Waals surface area contributed by atoms with E-state index in [1.54, 1.807) is 0 Å². The second kappa shape index (κ2) is 3.67. The average Bonchev–Trinajstić information content (AvgIpc) is 1.87. The summed E-state index contributed by atoms with van der Waals surface area (Å²) >= 11 is 0. The van der Waals surface area contributed by atoms with E-state index in [4.69, 9.17) is 5.73 Å². The molecule has 0 aliphatic rings. The number of hydrogen-bond donors (Lipinski definition) is 1.